The molecule has 0 saturated heterocycles. The molecular formula is C25H21ClN2O7S. The van der Waals surface area contributed by atoms with Crippen molar-refractivity contribution in [3.63, 3.8) is 0 Å². The van der Waals surface area contributed by atoms with E-state index in [-0.39, 0.29) is 11.1 Å². The van der Waals surface area contributed by atoms with Crippen LogP contribution in [0, 0.1) is 0 Å². The number of allylic oxidation sites excluding steroid dienone is 1. The van der Waals surface area contributed by atoms with Crippen molar-refractivity contribution in [2.45, 2.75) is 13.0 Å². The molecule has 1 atom stereocenters. The predicted molar refractivity (Wildman–Crippen MR) is 133 cm³/mol. The molecule has 0 saturated carbocycles. The van der Waals surface area contributed by atoms with Crippen molar-refractivity contribution in [2.24, 2.45) is 4.99 Å². The van der Waals surface area contributed by atoms with Crippen LogP contribution in [0.1, 0.15) is 24.1 Å². The van der Waals surface area contributed by atoms with Gasteiger partial charge in [-0.2, -0.15) is 0 Å². The van der Waals surface area contributed by atoms with Crippen LogP contribution in [0.2, 0.25) is 5.02 Å². The molecule has 1 aliphatic rings. The minimum Gasteiger partial charge on any atom is -0.496 e. The van der Waals surface area contributed by atoms with Crippen molar-refractivity contribution < 1.29 is 28.9 Å². The first-order valence-corrected chi connectivity index (χ1v) is 11.8. The van der Waals surface area contributed by atoms with Gasteiger partial charge >= 0.3 is 11.9 Å². The average molecular weight is 529 g/mol. The van der Waals surface area contributed by atoms with Crippen molar-refractivity contribution in [1.29, 1.82) is 0 Å². The standard InChI is InChI=1S/C25H21ClN2O7S/c1-13-21(24(32)34-3)22(17-11-15(26)6-9-18(17)33-2)28-23(31)19(36-25(28)27-13)10-14-4-7-16(8-5-14)35-12-20(29)30/h4-11,22H,12H2,1-3H3,(H,29,30)/b19-10-/t22-/m1/s1. The molecule has 0 fully saturated rings. The number of methoxy groups -OCH3 is 2. The number of aromatic nitrogens is 1. The first-order valence-electron chi connectivity index (χ1n) is 10.6. The number of aliphatic carboxylic acids is 1. The third-order valence-electron chi connectivity index (χ3n) is 5.45. The van der Waals surface area contributed by atoms with Crippen molar-refractivity contribution in [3.05, 3.63) is 89.6 Å². The summed E-state index contributed by atoms with van der Waals surface area (Å²) in [5.74, 6) is -0.850. The summed E-state index contributed by atoms with van der Waals surface area (Å²) in [6, 6.07) is 10.8. The quantitative estimate of drug-likeness (QED) is 0.468. The Hall–Kier alpha value is -3.89. The molecule has 36 heavy (non-hydrogen) atoms. The number of rotatable bonds is 7. The van der Waals surface area contributed by atoms with Gasteiger partial charge in [-0.1, -0.05) is 35.1 Å². The van der Waals surface area contributed by atoms with Crippen LogP contribution in [-0.4, -0.2) is 42.4 Å². The van der Waals surface area contributed by atoms with Gasteiger partial charge in [0, 0.05) is 10.6 Å². The fourth-order valence-electron chi connectivity index (χ4n) is 3.86. The molecule has 1 N–H and O–H groups in total. The molecule has 0 unspecified atom stereocenters. The SMILES string of the molecule is COC(=O)C1=C(C)N=c2s/c(=C\c3ccc(OCC(=O)O)cc3)c(=O)n2[C@@H]1c1cc(Cl)ccc1OC. The van der Waals surface area contributed by atoms with E-state index in [0.29, 0.717) is 42.7 Å². The number of nitrogens with zero attached hydrogens (tertiary/aromatic N) is 2. The predicted octanol–water partition coefficient (Wildman–Crippen LogP) is 2.53. The summed E-state index contributed by atoms with van der Waals surface area (Å²) < 4.78 is 17.5. The Bertz CT molecular complexity index is 1550. The van der Waals surface area contributed by atoms with E-state index in [1.54, 1.807) is 55.5 Å². The second-order valence-corrected chi connectivity index (χ2v) is 9.16. The van der Waals surface area contributed by atoms with Gasteiger partial charge in [-0.3, -0.25) is 9.36 Å². The number of esters is 1. The van der Waals surface area contributed by atoms with E-state index >= 15 is 0 Å². The number of carbonyl (C=O) groups excluding carboxylic acids is 1. The molecule has 2 heterocycles. The molecule has 186 valence electrons. The number of halogens is 1. The van der Waals surface area contributed by atoms with Crippen molar-refractivity contribution >= 4 is 41.0 Å². The molecular weight excluding hydrogens is 508 g/mol. The Morgan fingerprint density at radius 1 is 1.19 bits per heavy atom. The number of thiazole rings is 1. The molecule has 0 bridgehead atoms. The van der Waals surface area contributed by atoms with Gasteiger partial charge in [0.2, 0.25) is 0 Å². The highest BCUT2D eigenvalue weighted by molar-refractivity contribution is 7.07. The summed E-state index contributed by atoms with van der Waals surface area (Å²) in [6.07, 6.45) is 1.69. The maximum atomic E-state index is 13.6. The third-order valence-corrected chi connectivity index (χ3v) is 6.67. The first kappa shape index (κ1) is 25.2. The van der Waals surface area contributed by atoms with Crippen LogP contribution in [0.5, 0.6) is 11.5 Å². The zero-order valence-electron chi connectivity index (χ0n) is 19.5. The lowest BCUT2D eigenvalue weighted by molar-refractivity contribution is -0.139. The van der Waals surface area contributed by atoms with Crippen LogP contribution in [0.4, 0.5) is 0 Å². The van der Waals surface area contributed by atoms with Gasteiger partial charge < -0.3 is 19.3 Å². The zero-order valence-corrected chi connectivity index (χ0v) is 21.1. The molecule has 0 radical (unpaired) electrons. The maximum absolute atomic E-state index is 13.6. The van der Waals surface area contributed by atoms with Gasteiger partial charge in [0.15, 0.2) is 11.4 Å². The highest BCUT2D eigenvalue weighted by Crippen LogP contribution is 2.37. The molecule has 11 heteroatoms. The second-order valence-electron chi connectivity index (χ2n) is 7.71. The number of carboxylic acid groups (broad SMARTS) is 1. The summed E-state index contributed by atoms with van der Waals surface area (Å²) in [5.41, 5.74) is 1.49. The second kappa shape index (κ2) is 10.4. The Morgan fingerprint density at radius 3 is 2.56 bits per heavy atom. The maximum Gasteiger partial charge on any atom is 0.341 e. The average Bonchev–Trinajstić information content (AvgIpc) is 3.16. The molecule has 1 aliphatic heterocycles. The van der Waals surface area contributed by atoms with Crippen molar-refractivity contribution in [1.82, 2.24) is 4.57 Å². The van der Waals surface area contributed by atoms with Crippen LogP contribution in [0.3, 0.4) is 0 Å². The summed E-state index contributed by atoms with van der Waals surface area (Å²) in [7, 11) is 2.76. The lowest BCUT2D eigenvalue weighted by Crippen LogP contribution is -2.40. The minimum atomic E-state index is -1.08. The van der Waals surface area contributed by atoms with Crippen LogP contribution >= 0.6 is 22.9 Å². The number of benzene rings is 2. The monoisotopic (exact) mass is 528 g/mol. The molecule has 2 aromatic carbocycles. The number of carboxylic acids is 1. The van der Waals surface area contributed by atoms with E-state index in [1.807, 2.05) is 0 Å². The highest BCUT2D eigenvalue weighted by atomic mass is 35.5. The summed E-state index contributed by atoms with van der Waals surface area (Å²) >= 11 is 7.45. The number of fused-ring (bicyclic) bond motifs is 1. The number of hydrogen-bond donors (Lipinski definition) is 1. The Morgan fingerprint density at radius 2 is 1.92 bits per heavy atom. The van der Waals surface area contributed by atoms with Gasteiger partial charge in [-0.25, -0.2) is 14.6 Å². The molecule has 3 aromatic rings. The molecule has 4 rings (SSSR count). The molecule has 0 amide bonds. The fraction of sp³-hybridized carbons (Fsp3) is 0.200. The van der Waals surface area contributed by atoms with Crippen LogP contribution in [0.25, 0.3) is 6.08 Å². The van der Waals surface area contributed by atoms with Crippen LogP contribution in [0.15, 0.2) is 63.5 Å². The lowest BCUT2D eigenvalue weighted by Gasteiger charge is -2.25. The molecule has 0 aliphatic carbocycles. The third kappa shape index (κ3) is 4.91. The van der Waals surface area contributed by atoms with Crippen LogP contribution in [-0.2, 0) is 14.3 Å². The van der Waals surface area contributed by atoms with E-state index < -0.39 is 24.6 Å². The van der Waals surface area contributed by atoms with Crippen molar-refractivity contribution in [3.8, 4) is 11.5 Å². The topological polar surface area (TPSA) is 116 Å². The number of ether oxygens (including phenoxy) is 3. The fourth-order valence-corrected chi connectivity index (χ4v) is 5.09. The Labute approximate surface area is 214 Å². The van der Waals surface area contributed by atoms with Gasteiger partial charge in [-0.15, -0.1) is 0 Å². The Kier molecular flexibility index (Phi) is 7.27. The molecule has 0 spiro atoms. The molecule has 1 aromatic heterocycles. The normalized spacial score (nSPS) is 15.2. The van der Waals surface area contributed by atoms with E-state index in [0.717, 1.165) is 0 Å². The lowest BCUT2D eigenvalue weighted by atomic mass is 9.95. The zero-order chi connectivity index (χ0) is 26.0. The van der Waals surface area contributed by atoms with Gasteiger partial charge in [-0.05, 0) is 48.9 Å². The number of hydrogen-bond acceptors (Lipinski definition) is 8. The van der Waals surface area contributed by atoms with Gasteiger partial charge in [0.1, 0.15) is 17.5 Å². The van der Waals surface area contributed by atoms with Gasteiger partial charge in [0.05, 0.1) is 30.0 Å². The van der Waals surface area contributed by atoms with E-state index in [9.17, 15) is 14.4 Å². The molecule has 9 nitrogen and oxygen atoms in total. The van der Waals surface area contributed by atoms with Gasteiger partial charge in [0.25, 0.3) is 5.56 Å². The Balaban J connectivity index is 1.87. The highest BCUT2D eigenvalue weighted by Gasteiger charge is 2.35. The van der Waals surface area contributed by atoms with E-state index in [4.69, 9.17) is 30.9 Å². The smallest absolute Gasteiger partial charge is 0.341 e. The largest absolute Gasteiger partial charge is 0.496 e. The summed E-state index contributed by atoms with van der Waals surface area (Å²) in [4.78, 5) is 42.1. The van der Waals surface area contributed by atoms with Crippen molar-refractivity contribution in [2.75, 3.05) is 20.8 Å². The minimum absolute atomic E-state index is 0.206. The first-order chi connectivity index (χ1) is 17.2. The van der Waals surface area contributed by atoms with E-state index in [1.165, 1.54) is 30.1 Å². The van der Waals surface area contributed by atoms with Crippen LogP contribution < -0.4 is 24.4 Å². The van der Waals surface area contributed by atoms with E-state index in [2.05, 4.69) is 4.99 Å². The summed E-state index contributed by atoms with van der Waals surface area (Å²) in [5, 5.41) is 9.16. The summed E-state index contributed by atoms with van der Waals surface area (Å²) in [6.45, 7) is 1.23. The number of carbonyl (C=O) groups is 2.